The standard InChI is InChI=1S/C22H24ClN5O5S2/c1-12-18(6-13-3-2-4-15(23)5-13)28-22(34-12)20(30)17-9-25-11-26-21(17)27-16-7-14(19(29)8-16)10-33-35(24,31)32/h2-5,9,11,14,16,19,29H,6-8,10H2,1H3,(H2,24,31,32)(H,25,26,27)/t14-,16-,19+/m1/s1. The number of nitrogens with one attached hydrogen (secondary N) is 1. The van der Waals surface area contributed by atoms with E-state index in [2.05, 4.69) is 24.5 Å². The van der Waals surface area contributed by atoms with Gasteiger partial charge in [-0.2, -0.15) is 8.42 Å². The summed E-state index contributed by atoms with van der Waals surface area (Å²) in [5.41, 5.74) is 2.05. The number of carbonyl (C=O) groups is 1. The summed E-state index contributed by atoms with van der Waals surface area (Å²) >= 11 is 7.38. The SMILES string of the molecule is Cc1sc(C(=O)c2cncnc2N[C@@H]2C[C@H](COS(N)(=O)=O)[C@@H](O)C2)nc1Cc1cccc(Cl)c1. The van der Waals surface area contributed by atoms with Gasteiger partial charge in [0.15, 0.2) is 5.01 Å². The molecule has 1 saturated carbocycles. The monoisotopic (exact) mass is 537 g/mol. The van der Waals surface area contributed by atoms with Crippen LogP contribution in [0.25, 0.3) is 0 Å². The predicted molar refractivity (Wildman–Crippen MR) is 132 cm³/mol. The number of hydrogen-bond acceptors (Lipinski definition) is 10. The molecule has 4 rings (SSSR count). The molecule has 0 spiro atoms. The minimum absolute atomic E-state index is 0.221. The zero-order chi connectivity index (χ0) is 25.2. The van der Waals surface area contributed by atoms with Crippen molar-refractivity contribution in [3.63, 3.8) is 0 Å². The molecule has 13 heteroatoms. The molecule has 0 bridgehead atoms. The summed E-state index contributed by atoms with van der Waals surface area (Å²) in [6.07, 6.45) is 3.26. The Morgan fingerprint density at radius 2 is 2.17 bits per heavy atom. The molecule has 3 atom stereocenters. The molecule has 1 aromatic carbocycles. The molecule has 2 aromatic heterocycles. The summed E-state index contributed by atoms with van der Waals surface area (Å²) in [4.78, 5) is 27.0. The molecule has 10 nitrogen and oxygen atoms in total. The highest BCUT2D eigenvalue weighted by Crippen LogP contribution is 2.31. The predicted octanol–water partition coefficient (Wildman–Crippen LogP) is 2.49. The lowest BCUT2D eigenvalue weighted by Gasteiger charge is -2.15. The molecule has 0 saturated heterocycles. The Balaban J connectivity index is 1.48. The van der Waals surface area contributed by atoms with Crippen molar-refractivity contribution in [1.82, 2.24) is 15.0 Å². The van der Waals surface area contributed by atoms with Crippen LogP contribution in [0, 0.1) is 12.8 Å². The topological polar surface area (TPSA) is 157 Å². The highest BCUT2D eigenvalue weighted by molar-refractivity contribution is 7.84. The van der Waals surface area contributed by atoms with E-state index in [1.807, 2.05) is 25.1 Å². The second-order valence-corrected chi connectivity index (χ2v) is 11.2. The lowest BCUT2D eigenvalue weighted by atomic mass is 10.1. The molecule has 0 aliphatic heterocycles. The maximum absolute atomic E-state index is 13.3. The molecule has 186 valence electrons. The van der Waals surface area contributed by atoms with Crippen LogP contribution in [0.1, 0.15) is 44.3 Å². The Kier molecular flexibility index (Phi) is 7.79. The number of benzene rings is 1. The molecule has 1 fully saturated rings. The van der Waals surface area contributed by atoms with Crippen molar-refractivity contribution < 1.29 is 22.5 Å². The highest BCUT2D eigenvalue weighted by Gasteiger charge is 2.35. The van der Waals surface area contributed by atoms with E-state index in [0.29, 0.717) is 35.1 Å². The Bertz CT molecular complexity index is 1330. The Hall–Kier alpha value is -2.48. The molecular weight excluding hydrogens is 514 g/mol. The number of rotatable bonds is 9. The molecule has 1 aliphatic rings. The quantitative estimate of drug-likeness (QED) is 0.349. The van der Waals surface area contributed by atoms with E-state index < -0.39 is 22.3 Å². The van der Waals surface area contributed by atoms with Gasteiger partial charge in [0.1, 0.15) is 12.1 Å². The van der Waals surface area contributed by atoms with E-state index in [-0.39, 0.29) is 24.0 Å². The van der Waals surface area contributed by atoms with Crippen molar-refractivity contribution in [2.24, 2.45) is 11.1 Å². The summed E-state index contributed by atoms with van der Waals surface area (Å²) in [7, 11) is -4.09. The Morgan fingerprint density at radius 3 is 2.91 bits per heavy atom. The largest absolute Gasteiger partial charge is 0.393 e. The maximum atomic E-state index is 13.3. The molecule has 2 heterocycles. The van der Waals surface area contributed by atoms with Gasteiger partial charge in [-0.1, -0.05) is 23.7 Å². The number of aliphatic hydroxyl groups is 1. The number of ketones is 1. The van der Waals surface area contributed by atoms with Gasteiger partial charge in [0, 0.05) is 34.5 Å². The number of anilines is 1. The molecule has 1 aliphatic carbocycles. The van der Waals surface area contributed by atoms with Gasteiger partial charge in [-0.05, 0) is 37.5 Å². The third-order valence-corrected chi connectivity index (χ3v) is 7.46. The van der Waals surface area contributed by atoms with Crippen molar-refractivity contribution in [3.05, 3.63) is 68.5 Å². The van der Waals surface area contributed by atoms with Gasteiger partial charge >= 0.3 is 10.3 Å². The van der Waals surface area contributed by atoms with Crippen LogP contribution in [0.3, 0.4) is 0 Å². The van der Waals surface area contributed by atoms with Gasteiger partial charge in [-0.3, -0.25) is 8.98 Å². The molecule has 35 heavy (non-hydrogen) atoms. The van der Waals surface area contributed by atoms with Gasteiger partial charge in [-0.15, -0.1) is 11.3 Å². The number of aromatic nitrogens is 3. The van der Waals surface area contributed by atoms with Gasteiger partial charge in [0.25, 0.3) is 0 Å². The first-order valence-electron chi connectivity index (χ1n) is 10.8. The number of hydrogen-bond donors (Lipinski definition) is 3. The van der Waals surface area contributed by atoms with E-state index in [4.69, 9.17) is 16.7 Å². The van der Waals surface area contributed by atoms with E-state index >= 15 is 0 Å². The third kappa shape index (κ3) is 6.60. The number of aryl methyl sites for hydroxylation is 1. The van der Waals surface area contributed by atoms with Crippen LogP contribution in [-0.4, -0.2) is 53.0 Å². The fourth-order valence-electron chi connectivity index (χ4n) is 4.03. The zero-order valence-electron chi connectivity index (χ0n) is 18.7. The summed E-state index contributed by atoms with van der Waals surface area (Å²) in [5, 5.41) is 19.3. The van der Waals surface area contributed by atoms with Gasteiger partial charge < -0.3 is 10.4 Å². The van der Waals surface area contributed by atoms with Crippen LogP contribution in [0.4, 0.5) is 5.82 Å². The van der Waals surface area contributed by atoms with E-state index in [1.165, 1.54) is 23.9 Å². The molecule has 0 radical (unpaired) electrons. The van der Waals surface area contributed by atoms with E-state index in [1.54, 1.807) is 6.07 Å². The van der Waals surface area contributed by atoms with Crippen molar-refractivity contribution in [2.45, 2.75) is 38.3 Å². The number of nitrogens with two attached hydrogens (primary N) is 1. The summed E-state index contributed by atoms with van der Waals surface area (Å²) in [5.74, 6) is -0.423. The fraction of sp³-hybridized carbons (Fsp3) is 0.364. The molecular formula is C22H24ClN5O5S2. The fourth-order valence-corrected chi connectivity index (χ4v) is 5.49. The van der Waals surface area contributed by atoms with E-state index in [0.717, 1.165) is 16.1 Å². The van der Waals surface area contributed by atoms with Gasteiger partial charge in [-0.25, -0.2) is 20.1 Å². The number of aliphatic hydroxyl groups excluding tert-OH is 1. The second-order valence-electron chi connectivity index (χ2n) is 8.36. The van der Waals surface area contributed by atoms with Crippen molar-refractivity contribution in [1.29, 1.82) is 0 Å². The average Bonchev–Trinajstić information content (AvgIpc) is 3.33. The third-order valence-electron chi connectivity index (χ3n) is 5.75. The van der Waals surface area contributed by atoms with Crippen LogP contribution in [0.2, 0.25) is 5.02 Å². The zero-order valence-corrected chi connectivity index (χ0v) is 21.1. The molecule has 0 unspecified atom stereocenters. The van der Waals surface area contributed by atoms with Crippen LogP contribution in [0.15, 0.2) is 36.8 Å². The van der Waals surface area contributed by atoms with Crippen molar-refractivity contribution in [3.8, 4) is 0 Å². The Morgan fingerprint density at radius 1 is 1.37 bits per heavy atom. The summed E-state index contributed by atoms with van der Waals surface area (Å²) in [6.45, 7) is 1.69. The van der Waals surface area contributed by atoms with Gasteiger partial charge in [0.05, 0.1) is 24.0 Å². The van der Waals surface area contributed by atoms with Crippen LogP contribution in [0.5, 0.6) is 0 Å². The van der Waals surface area contributed by atoms with Crippen LogP contribution < -0.4 is 10.5 Å². The number of nitrogens with zero attached hydrogens (tertiary/aromatic N) is 3. The maximum Gasteiger partial charge on any atom is 0.333 e. The lowest BCUT2D eigenvalue weighted by Crippen LogP contribution is -2.24. The number of carbonyl (C=O) groups excluding carboxylic acids is 1. The first-order chi connectivity index (χ1) is 16.6. The minimum atomic E-state index is -4.09. The summed E-state index contributed by atoms with van der Waals surface area (Å²) in [6, 6.07) is 7.24. The molecule has 0 amide bonds. The highest BCUT2D eigenvalue weighted by atomic mass is 35.5. The first kappa shape index (κ1) is 25.6. The van der Waals surface area contributed by atoms with Crippen molar-refractivity contribution >= 4 is 44.8 Å². The number of thiazole rings is 1. The van der Waals surface area contributed by atoms with Crippen LogP contribution >= 0.6 is 22.9 Å². The van der Waals surface area contributed by atoms with Crippen LogP contribution in [-0.2, 0) is 20.9 Å². The Labute approximate surface area is 211 Å². The lowest BCUT2D eigenvalue weighted by molar-refractivity contribution is 0.101. The number of halogens is 1. The molecule has 3 aromatic rings. The minimum Gasteiger partial charge on any atom is -0.393 e. The molecule has 4 N–H and O–H groups in total. The first-order valence-corrected chi connectivity index (χ1v) is 13.4. The smallest absolute Gasteiger partial charge is 0.333 e. The second kappa shape index (κ2) is 10.6. The summed E-state index contributed by atoms with van der Waals surface area (Å²) < 4.78 is 26.7. The normalized spacial score (nSPS) is 20.2. The van der Waals surface area contributed by atoms with Gasteiger partial charge in [0.2, 0.25) is 5.78 Å². The average molecular weight is 538 g/mol. The van der Waals surface area contributed by atoms with E-state index in [9.17, 15) is 18.3 Å². The van der Waals surface area contributed by atoms with Crippen molar-refractivity contribution in [2.75, 3.05) is 11.9 Å².